The van der Waals surface area contributed by atoms with Gasteiger partial charge in [0.1, 0.15) is 0 Å². The molecule has 1 N–H and O–H groups in total. The van der Waals surface area contributed by atoms with Gasteiger partial charge in [0.2, 0.25) is 5.91 Å². The summed E-state index contributed by atoms with van der Waals surface area (Å²) in [6.45, 7) is 2.21. The van der Waals surface area contributed by atoms with E-state index in [4.69, 9.17) is 0 Å². The molecule has 1 aliphatic carbocycles. The van der Waals surface area contributed by atoms with Gasteiger partial charge in [0.05, 0.1) is 6.42 Å². The normalized spacial score (nSPS) is 25.6. The molecule has 2 nitrogen and oxygen atoms in total. The molecule has 2 rings (SSSR count). The van der Waals surface area contributed by atoms with Gasteiger partial charge in [-0.3, -0.25) is 4.79 Å². The second kappa shape index (κ2) is 6.86. The first-order chi connectivity index (χ1) is 9.96. The fourth-order valence-electron chi connectivity index (χ4n) is 2.80. The van der Waals surface area contributed by atoms with Crippen molar-refractivity contribution in [3.05, 3.63) is 35.4 Å². The van der Waals surface area contributed by atoms with E-state index in [0.29, 0.717) is 11.2 Å². The molecule has 1 amide bonds. The van der Waals surface area contributed by atoms with Crippen LogP contribution >= 0.6 is 15.9 Å². The zero-order chi connectivity index (χ0) is 15.5. The maximum absolute atomic E-state index is 13.6. The average Bonchev–Trinajstić information content (AvgIpc) is 2.47. The summed E-state index contributed by atoms with van der Waals surface area (Å²) in [4.78, 5) is 12.2. The first kappa shape index (κ1) is 16.4. The Labute approximate surface area is 132 Å². The Morgan fingerprint density at radius 3 is 2.67 bits per heavy atom. The highest BCUT2D eigenvalue weighted by molar-refractivity contribution is 9.09. The maximum Gasteiger partial charge on any atom is 0.224 e. The summed E-state index contributed by atoms with van der Waals surface area (Å²) in [6.07, 6.45) is 3.84. The Morgan fingerprint density at radius 1 is 1.38 bits per heavy atom. The van der Waals surface area contributed by atoms with Gasteiger partial charge in [-0.05, 0) is 37.7 Å². The summed E-state index contributed by atoms with van der Waals surface area (Å²) in [5.41, 5.74) is -0.158. The zero-order valence-corrected chi connectivity index (χ0v) is 13.7. The van der Waals surface area contributed by atoms with E-state index in [1.807, 2.05) is 0 Å². The predicted octanol–water partition coefficient (Wildman–Crippen LogP) is 3.97. The van der Waals surface area contributed by atoms with Crippen LogP contribution in [-0.4, -0.2) is 16.8 Å². The molecular weight excluding hydrogens is 340 g/mol. The molecule has 1 fully saturated rings. The smallest absolute Gasteiger partial charge is 0.224 e. The van der Waals surface area contributed by atoms with Crippen molar-refractivity contribution in [1.29, 1.82) is 0 Å². The van der Waals surface area contributed by atoms with Crippen LogP contribution in [0.3, 0.4) is 0 Å². The first-order valence-corrected chi connectivity index (χ1v) is 8.38. The molecule has 116 valence electrons. The molecule has 0 aliphatic heterocycles. The van der Waals surface area contributed by atoms with Crippen molar-refractivity contribution in [2.75, 3.05) is 5.33 Å². The van der Waals surface area contributed by atoms with E-state index in [1.165, 1.54) is 12.1 Å². The summed E-state index contributed by atoms with van der Waals surface area (Å²) in [5.74, 6) is -1.43. The first-order valence-electron chi connectivity index (χ1n) is 7.25. The monoisotopic (exact) mass is 359 g/mol. The topological polar surface area (TPSA) is 29.1 Å². The lowest BCUT2D eigenvalue weighted by Crippen LogP contribution is -2.52. The number of rotatable bonds is 4. The molecule has 1 aromatic rings. The minimum atomic E-state index is -0.933. The summed E-state index contributed by atoms with van der Waals surface area (Å²) in [6, 6.07) is 3.92. The van der Waals surface area contributed by atoms with Gasteiger partial charge in [-0.15, -0.1) is 0 Å². The van der Waals surface area contributed by atoms with Gasteiger partial charge in [0.15, 0.2) is 11.6 Å². The molecular formula is C16H20BrF2NO. The second-order valence-electron chi connectivity index (χ2n) is 6.03. The van der Waals surface area contributed by atoms with Gasteiger partial charge >= 0.3 is 0 Å². The molecule has 0 bridgehead atoms. The van der Waals surface area contributed by atoms with Crippen molar-refractivity contribution in [3.8, 4) is 0 Å². The third-order valence-corrected chi connectivity index (χ3v) is 5.35. The fourth-order valence-corrected chi connectivity index (χ4v) is 3.51. The van der Waals surface area contributed by atoms with Crippen LogP contribution in [0.2, 0.25) is 0 Å². The van der Waals surface area contributed by atoms with E-state index < -0.39 is 11.6 Å². The van der Waals surface area contributed by atoms with Crippen LogP contribution in [-0.2, 0) is 11.2 Å². The van der Waals surface area contributed by atoms with Crippen LogP contribution in [0.5, 0.6) is 0 Å². The van der Waals surface area contributed by atoms with Crippen LogP contribution in [0, 0.1) is 17.6 Å². The van der Waals surface area contributed by atoms with Crippen LogP contribution in [0.25, 0.3) is 0 Å². The molecule has 1 saturated carbocycles. The zero-order valence-electron chi connectivity index (χ0n) is 12.1. The summed E-state index contributed by atoms with van der Waals surface area (Å²) >= 11 is 3.48. The number of carbonyl (C=O) groups is 1. The minimum absolute atomic E-state index is 0.0985. The number of amides is 1. The summed E-state index contributed by atoms with van der Waals surface area (Å²) < 4.78 is 26.8. The van der Waals surface area contributed by atoms with Crippen molar-refractivity contribution >= 4 is 21.8 Å². The second-order valence-corrected chi connectivity index (χ2v) is 6.60. The van der Waals surface area contributed by atoms with Gasteiger partial charge in [0, 0.05) is 16.4 Å². The fraction of sp³-hybridized carbons (Fsp3) is 0.562. The van der Waals surface area contributed by atoms with Crippen molar-refractivity contribution in [2.24, 2.45) is 5.92 Å². The van der Waals surface area contributed by atoms with Crippen molar-refractivity contribution in [2.45, 2.75) is 44.6 Å². The van der Waals surface area contributed by atoms with E-state index in [-0.39, 0.29) is 23.4 Å². The van der Waals surface area contributed by atoms with E-state index in [0.717, 1.165) is 31.7 Å². The van der Waals surface area contributed by atoms with Gasteiger partial charge in [-0.25, -0.2) is 8.78 Å². The quantitative estimate of drug-likeness (QED) is 0.809. The highest BCUT2D eigenvalue weighted by Gasteiger charge is 2.34. The van der Waals surface area contributed by atoms with Crippen molar-refractivity contribution in [3.63, 3.8) is 0 Å². The Kier molecular flexibility index (Phi) is 5.36. The molecule has 0 unspecified atom stereocenters. The number of alkyl halides is 1. The number of carbonyl (C=O) groups excluding carboxylic acids is 1. The molecule has 1 aromatic carbocycles. The minimum Gasteiger partial charge on any atom is -0.350 e. The Morgan fingerprint density at radius 2 is 2.05 bits per heavy atom. The average molecular weight is 360 g/mol. The highest BCUT2D eigenvalue weighted by atomic mass is 79.9. The van der Waals surface area contributed by atoms with Gasteiger partial charge in [-0.2, -0.15) is 0 Å². The van der Waals surface area contributed by atoms with Gasteiger partial charge in [-0.1, -0.05) is 35.0 Å². The van der Waals surface area contributed by atoms with E-state index in [9.17, 15) is 13.6 Å². The van der Waals surface area contributed by atoms with E-state index in [1.54, 1.807) is 0 Å². The van der Waals surface area contributed by atoms with Gasteiger partial charge < -0.3 is 5.32 Å². The summed E-state index contributed by atoms with van der Waals surface area (Å²) in [7, 11) is 0. The third-order valence-electron chi connectivity index (χ3n) is 4.27. The molecule has 0 aromatic heterocycles. The van der Waals surface area contributed by atoms with Crippen molar-refractivity contribution < 1.29 is 13.6 Å². The Balaban J connectivity index is 2.02. The number of hydrogen-bond donors (Lipinski definition) is 1. The molecule has 0 atom stereocenters. The van der Waals surface area contributed by atoms with E-state index >= 15 is 0 Å². The lowest BCUT2D eigenvalue weighted by molar-refractivity contribution is -0.122. The molecule has 21 heavy (non-hydrogen) atoms. The van der Waals surface area contributed by atoms with Crippen LogP contribution in [0.15, 0.2) is 18.2 Å². The van der Waals surface area contributed by atoms with Crippen molar-refractivity contribution in [1.82, 2.24) is 5.32 Å². The van der Waals surface area contributed by atoms with E-state index in [2.05, 4.69) is 28.2 Å². The lowest BCUT2D eigenvalue weighted by Gasteiger charge is -2.39. The van der Waals surface area contributed by atoms with Crippen LogP contribution in [0.1, 0.15) is 38.2 Å². The SMILES string of the molecule is CC1CCC(CBr)(NC(=O)Cc2cccc(F)c2F)CC1. The molecule has 0 spiro atoms. The standard InChI is InChI=1S/C16H20BrF2NO/c1-11-5-7-16(10-17,8-6-11)20-14(21)9-12-3-2-4-13(18)15(12)19/h2-4,11H,5-10H2,1H3,(H,20,21). The molecule has 1 aliphatic rings. The number of benzene rings is 1. The Bertz CT molecular complexity index is 513. The van der Waals surface area contributed by atoms with Crippen LogP contribution in [0.4, 0.5) is 8.78 Å². The van der Waals surface area contributed by atoms with Gasteiger partial charge in [0.25, 0.3) is 0 Å². The molecule has 0 saturated heterocycles. The van der Waals surface area contributed by atoms with Crippen LogP contribution < -0.4 is 5.32 Å². The third kappa shape index (κ3) is 4.02. The number of nitrogens with one attached hydrogen (secondary N) is 1. The lowest BCUT2D eigenvalue weighted by atomic mass is 9.78. The predicted molar refractivity (Wildman–Crippen MR) is 82.4 cm³/mol. The Hall–Kier alpha value is -0.970. The highest BCUT2D eigenvalue weighted by Crippen LogP contribution is 2.33. The number of halogens is 3. The molecule has 0 heterocycles. The largest absolute Gasteiger partial charge is 0.350 e. The summed E-state index contributed by atoms with van der Waals surface area (Å²) in [5, 5.41) is 3.71. The molecule has 0 radical (unpaired) electrons. The molecule has 5 heteroatoms. The number of hydrogen-bond acceptors (Lipinski definition) is 1. The maximum atomic E-state index is 13.6.